The molecule has 0 bridgehead atoms. The van der Waals surface area contributed by atoms with Crippen molar-refractivity contribution in [3.63, 3.8) is 0 Å². The highest BCUT2D eigenvalue weighted by atomic mass is 35.5. The molecule has 1 atom stereocenters. The molecule has 3 heterocycles. The van der Waals surface area contributed by atoms with E-state index < -0.39 is 0 Å². The first-order valence-electron chi connectivity index (χ1n) is 6.81. The zero-order valence-corrected chi connectivity index (χ0v) is 12.7. The van der Waals surface area contributed by atoms with Gasteiger partial charge >= 0.3 is 0 Å². The van der Waals surface area contributed by atoms with Crippen molar-refractivity contribution < 1.29 is 0 Å². The smallest absolute Gasteiger partial charge is 0.151 e. The molecule has 106 valence electrons. The maximum atomic E-state index is 5.95. The first kappa shape index (κ1) is 13.8. The standard InChI is InChI=1S/C14H17ClN4S/c15-13-6-5-12(20-13)9-16-11-3-2-8-19(10-11)14-4-1-7-17-18-14/h1,4-7,11,16H,2-3,8-10H2. The monoisotopic (exact) mass is 308 g/mol. The number of thiophene rings is 1. The average Bonchev–Trinajstić information content (AvgIpc) is 2.92. The van der Waals surface area contributed by atoms with Crippen LogP contribution in [0.4, 0.5) is 5.82 Å². The molecule has 2 aromatic rings. The molecule has 1 unspecified atom stereocenters. The van der Waals surface area contributed by atoms with Gasteiger partial charge in [-0.15, -0.1) is 16.4 Å². The Morgan fingerprint density at radius 2 is 2.35 bits per heavy atom. The topological polar surface area (TPSA) is 41.0 Å². The fourth-order valence-corrected chi connectivity index (χ4v) is 3.54. The highest BCUT2D eigenvalue weighted by Gasteiger charge is 2.20. The summed E-state index contributed by atoms with van der Waals surface area (Å²) in [4.78, 5) is 3.59. The van der Waals surface area contributed by atoms with Crippen molar-refractivity contribution in [1.29, 1.82) is 0 Å². The number of hydrogen-bond donors (Lipinski definition) is 1. The summed E-state index contributed by atoms with van der Waals surface area (Å²) in [6.07, 6.45) is 4.10. The van der Waals surface area contributed by atoms with Gasteiger partial charge in [0.2, 0.25) is 0 Å². The molecule has 0 saturated carbocycles. The highest BCUT2D eigenvalue weighted by Crippen LogP contribution is 2.22. The average molecular weight is 309 g/mol. The molecular weight excluding hydrogens is 292 g/mol. The molecule has 1 fully saturated rings. The molecule has 0 amide bonds. The quantitative estimate of drug-likeness (QED) is 0.943. The first-order valence-corrected chi connectivity index (χ1v) is 8.01. The summed E-state index contributed by atoms with van der Waals surface area (Å²) in [5.74, 6) is 0.971. The Morgan fingerprint density at radius 3 is 3.10 bits per heavy atom. The van der Waals surface area contributed by atoms with Gasteiger partial charge in [-0.05, 0) is 37.1 Å². The first-order chi connectivity index (χ1) is 9.81. The van der Waals surface area contributed by atoms with Crippen LogP contribution in [-0.2, 0) is 6.54 Å². The van der Waals surface area contributed by atoms with Crippen molar-refractivity contribution in [2.75, 3.05) is 18.0 Å². The van der Waals surface area contributed by atoms with Crippen molar-refractivity contribution in [1.82, 2.24) is 15.5 Å². The van der Waals surface area contributed by atoms with E-state index in [1.165, 1.54) is 17.7 Å². The van der Waals surface area contributed by atoms with Crippen LogP contribution in [0.1, 0.15) is 17.7 Å². The fraction of sp³-hybridized carbons (Fsp3) is 0.429. The molecule has 0 aromatic carbocycles. The lowest BCUT2D eigenvalue weighted by atomic mass is 10.1. The van der Waals surface area contributed by atoms with Gasteiger partial charge in [0.1, 0.15) is 0 Å². The van der Waals surface area contributed by atoms with Crippen molar-refractivity contribution in [2.24, 2.45) is 0 Å². The van der Waals surface area contributed by atoms with Gasteiger partial charge in [-0.1, -0.05) is 11.6 Å². The van der Waals surface area contributed by atoms with E-state index in [9.17, 15) is 0 Å². The number of aromatic nitrogens is 2. The Labute approximate surface area is 127 Å². The molecule has 1 aliphatic rings. The molecular formula is C14H17ClN4S. The maximum absolute atomic E-state index is 5.95. The molecule has 3 rings (SSSR count). The van der Waals surface area contributed by atoms with Gasteiger partial charge in [0.05, 0.1) is 4.34 Å². The van der Waals surface area contributed by atoms with E-state index in [2.05, 4.69) is 26.5 Å². The number of nitrogens with zero attached hydrogens (tertiary/aromatic N) is 3. The van der Waals surface area contributed by atoms with Crippen molar-refractivity contribution in [3.05, 3.63) is 39.7 Å². The van der Waals surface area contributed by atoms with Gasteiger partial charge in [-0.2, -0.15) is 5.10 Å². The third-order valence-corrected chi connectivity index (χ3v) is 4.73. The van der Waals surface area contributed by atoms with Crippen LogP contribution in [0.5, 0.6) is 0 Å². The lowest BCUT2D eigenvalue weighted by Crippen LogP contribution is -2.45. The van der Waals surface area contributed by atoms with E-state index in [-0.39, 0.29) is 0 Å². The van der Waals surface area contributed by atoms with Crippen LogP contribution >= 0.6 is 22.9 Å². The minimum atomic E-state index is 0.492. The number of halogens is 1. The van der Waals surface area contributed by atoms with Crippen LogP contribution in [0.3, 0.4) is 0 Å². The molecule has 4 nitrogen and oxygen atoms in total. The number of piperidine rings is 1. The lowest BCUT2D eigenvalue weighted by Gasteiger charge is -2.33. The van der Waals surface area contributed by atoms with Crippen LogP contribution in [-0.4, -0.2) is 29.3 Å². The van der Waals surface area contributed by atoms with E-state index in [4.69, 9.17) is 11.6 Å². The molecule has 2 aromatic heterocycles. The molecule has 0 radical (unpaired) electrons. The van der Waals surface area contributed by atoms with E-state index >= 15 is 0 Å². The van der Waals surface area contributed by atoms with Gasteiger partial charge in [0.15, 0.2) is 5.82 Å². The third kappa shape index (κ3) is 3.48. The molecule has 6 heteroatoms. The van der Waals surface area contributed by atoms with Crippen molar-refractivity contribution in [3.8, 4) is 0 Å². The van der Waals surface area contributed by atoms with Gasteiger partial charge < -0.3 is 10.2 Å². The van der Waals surface area contributed by atoms with E-state index in [0.717, 1.165) is 29.8 Å². The Hall–Kier alpha value is -1.17. The Bertz CT molecular complexity index is 545. The van der Waals surface area contributed by atoms with E-state index in [0.29, 0.717) is 6.04 Å². The number of rotatable bonds is 4. The number of nitrogens with one attached hydrogen (secondary N) is 1. The van der Waals surface area contributed by atoms with Gasteiger partial charge in [0, 0.05) is 36.8 Å². The van der Waals surface area contributed by atoms with Crippen LogP contribution < -0.4 is 10.2 Å². The van der Waals surface area contributed by atoms with Gasteiger partial charge in [0.25, 0.3) is 0 Å². The summed E-state index contributed by atoms with van der Waals surface area (Å²) in [5.41, 5.74) is 0. The van der Waals surface area contributed by atoms with Crippen LogP contribution in [0.2, 0.25) is 4.34 Å². The minimum Gasteiger partial charge on any atom is -0.354 e. The second kappa shape index (κ2) is 6.52. The summed E-state index contributed by atoms with van der Waals surface area (Å²) >= 11 is 7.59. The van der Waals surface area contributed by atoms with Crippen molar-refractivity contribution >= 4 is 28.8 Å². The fourth-order valence-electron chi connectivity index (χ4n) is 2.51. The zero-order chi connectivity index (χ0) is 13.8. The highest BCUT2D eigenvalue weighted by molar-refractivity contribution is 7.16. The Kier molecular flexibility index (Phi) is 4.50. The van der Waals surface area contributed by atoms with Gasteiger partial charge in [-0.25, -0.2) is 0 Å². The largest absolute Gasteiger partial charge is 0.354 e. The third-order valence-electron chi connectivity index (χ3n) is 3.50. The molecule has 1 N–H and O–H groups in total. The summed E-state index contributed by atoms with van der Waals surface area (Å²) in [6.45, 7) is 2.93. The van der Waals surface area contributed by atoms with E-state index in [1.807, 2.05) is 18.2 Å². The normalized spacial score (nSPS) is 19.2. The van der Waals surface area contributed by atoms with E-state index in [1.54, 1.807) is 17.5 Å². The molecule has 1 aliphatic heterocycles. The van der Waals surface area contributed by atoms with Crippen LogP contribution in [0.25, 0.3) is 0 Å². The Balaban J connectivity index is 1.55. The van der Waals surface area contributed by atoms with Crippen LogP contribution in [0.15, 0.2) is 30.5 Å². The molecule has 0 spiro atoms. The lowest BCUT2D eigenvalue weighted by molar-refractivity contribution is 0.421. The molecule has 1 saturated heterocycles. The summed E-state index contributed by atoms with van der Waals surface area (Å²) < 4.78 is 0.853. The van der Waals surface area contributed by atoms with Crippen molar-refractivity contribution in [2.45, 2.75) is 25.4 Å². The second-order valence-corrected chi connectivity index (χ2v) is 6.75. The summed E-state index contributed by atoms with van der Waals surface area (Å²) in [5, 5.41) is 11.8. The SMILES string of the molecule is Clc1ccc(CNC2CCCN(c3cccnn3)C2)s1. The molecule has 0 aliphatic carbocycles. The predicted molar refractivity (Wildman–Crippen MR) is 83.4 cm³/mol. The number of hydrogen-bond acceptors (Lipinski definition) is 5. The van der Waals surface area contributed by atoms with Gasteiger partial charge in [-0.3, -0.25) is 0 Å². The minimum absolute atomic E-state index is 0.492. The summed E-state index contributed by atoms with van der Waals surface area (Å²) in [7, 11) is 0. The predicted octanol–water partition coefficient (Wildman–Crippen LogP) is 2.95. The Morgan fingerprint density at radius 1 is 1.40 bits per heavy atom. The number of anilines is 1. The van der Waals surface area contributed by atoms with Crippen LogP contribution in [0, 0.1) is 0 Å². The molecule has 20 heavy (non-hydrogen) atoms. The summed E-state index contributed by atoms with van der Waals surface area (Å²) in [6, 6.07) is 8.49. The second-order valence-electron chi connectivity index (χ2n) is 4.95. The maximum Gasteiger partial charge on any atom is 0.151 e. The zero-order valence-electron chi connectivity index (χ0n) is 11.1.